The van der Waals surface area contributed by atoms with Crippen LogP contribution in [0.3, 0.4) is 0 Å². The molecule has 1 saturated heterocycles. The van der Waals surface area contributed by atoms with Gasteiger partial charge in [0.2, 0.25) is 0 Å². The number of nitro benzene ring substituents is 1. The Hall–Kier alpha value is -4.85. The molecule has 1 aliphatic heterocycles. The minimum Gasteiger partial charge on any atom is -0.317 e. The van der Waals surface area contributed by atoms with Gasteiger partial charge in [0.1, 0.15) is 0 Å². The summed E-state index contributed by atoms with van der Waals surface area (Å²) in [6.45, 7) is 5.71. The molecule has 8 nitrogen and oxygen atoms in total. The van der Waals surface area contributed by atoms with Gasteiger partial charge in [-0.1, -0.05) is 54.6 Å². The highest BCUT2D eigenvalue weighted by molar-refractivity contribution is 6.08. The van der Waals surface area contributed by atoms with Crippen molar-refractivity contribution in [2.45, 2.75) is 32.6 Å². The number of aryl methyl sites for hydroxylation is 2. The molecule has 3 aromatic carbocycles. The zero-order chi connectivity index (χ0) is 27.9. The number of hydrazone groups is 1. The van der Waals surface area contributed by atoms with Crippen molar-refractivity contribution >= 4 is 23.7 Å². The fourth-order valence-corrected chi connectivity index (χ4v) is 7.14. The van der Waals surface area contributed by atoms with Gasteiger partial charge in [-0.15, -0.1) is 0 Å². The predicted octanol–water partition coefficient (Wildman–Crippen LogP) is 5.54. The fourth-order valence-electron chi connectivity index (χ4n) is 7.14. The van der Waals surface area contributed by atoms with Gasteiger partial charge in [-0.2, -0.15) is 10.1 Å². The molecule has 2 heterocycles. The number of non-ortho nitro benzene ring substituents is 1. The summed E-state index contributed by atoms with van der Waals surface area (Å²) in [5, 5.41) is 16.9. The molecule has 2 atom stereocenters. The highest BCUT2D eigenvalue weighted by atomic mass is 16.6. The van der Waals surface area contributed by atoms with E-state index in [-0.39, 0.29) is 29.3 Å². The van der Waals surface area contributed by atoms with Crippen LogP contribution in [0.2, 0.25) is 0 Å². The van der Waals surface area contributed by atoms with Crippen LogP contribution in [0, 0.1) is 42.7 Å². The molecule has 2 bridgehead atoms. The summed E-state index contributed by atoms with van der Waals surface area (Å²) in [6, 6.07) is 23.0. The van der Waals surface area contributed by atoms with Gasteiger partial charge in [-0.05, 0) is 54.7 Å². The first-order valence-electron chi connectivity index (χ1n) is 13.3. The summed E-state index contributed by atoms with van der Waals surface area (Å²) >= 11 is 0. The number of carbonyl (C=O) groups is 2. The van der Waals surface area contributed by atoms with Crippen molar-refractivity contribution in [2.75, 3.05) is 0 Å². The van der Waals surface area contributed by atoms with Crippen LogP contribution in [0.25, 0.3) is 5.69 Å². The summed E-state index contributed by atoms with van der Waals surface area (Å²) in [5.41, 5.74) is 8.48. The van der Waals surface area contributed by atoms with Gasteiger partial charge in [-0.25, -0.2) is 0 Å². The van der Waals surface area contributed by atoms with Crippen molar-refractivity contribution < 1.29 is 14.5 Å². The largest absolute Gasteiger partial charge is 0.317 e. The van der Waals surface area contributed by atoms with Crippen molar-refractivity contribution in [1.29, 1.82) is 0 Å². The predicted molar refractivity (Wildman–Crippen MR) is 150 cm³/mol. The second kappa shape index (κ2) is 8.58. The van der Waals surface area contributed by atoms with Crippen LogP contribution in [-0.4, -0.2) is 32.5 Å². The number of hydrogen-bond donors (Lipinski definition) is 0. The van der Waals surface area contributed by atoms with E-state index in [1.54, 1.807) is 18.3 Å². The van der Waals surface area contributed by atoms with Crippen LogP contribution in [0.15, 0.2) is 77.9 Å². The lowest BCUT2D eigenvalue weighted by molar-refractivity contribution is -0.384. The van der Waals surface area contributed by atoms with E-state index in [1.165, 1.54) is 6.07 Å². The van der Waals surface area contributed by atoms with Gasteiger partial charge < -0.3 is 4.57 Å². The summed E-state index contributed by atoms with van der Waals surface area (Å²) in [6.07, 6.45) is 1.56. The SMILES string of the molecule is Cc1ccc([N+](=O)[O-])cc1-n1c(C)cc(/C=N\N2C(=O)[C@@H]3C4c5ccccc5C(c5ccccc54)[C@@H]3C2=O)c1C. The lowest BCUT2D eigenvalue weighted by Crippen LogP contribution is -2.41. The van der Waals surface area contributed by atoms with Crippen molar-refractivity contribution in [3.63, 3.8) is 0 Å². The summed E-state index contributed by atoms with van der Waals surface area (Å²) in [4.78, 5) is 38.6. The molecule has 0 saturated carbocycles. The average Bonchev–Trinajstić information content (AvgIpc) is 3.38. The van der Waals surface area contributed by atoms with E-state index < -0.39 is 16.8 Å². The second-order valence-electron chi connectivity index (χ2n) is 10.9. The van der Waals surface area contributed by atoms with Gasteiger partial charge in [0, 0.05) is 40.9 Å². The number of amides is 2. The van der Waals surface area contributed by atoms with Gasteiger partial charge in [-0.3, -0.25) is 19.7 Å². The molecular formula is C32H26N4O4. The number of rotatable bonds is 4. The zero-order valence-electron chi connectivity index (χ0n) is 22.2. The maximum Gasteiger partial charge on any atom is 0.271 e. The Morgan fingerprint density at radius 3 is 1.82 bits per heavy atom. The highest BCUT2D eigenvalue weighted by Crippen LogP contribution is 2.60. The Labute approximate surface area is 230 Å². The lowest BCUT2D eigenvalue weighted by Gasteiger charge is -2.45. The minimum absolute atomic E-state index is 0.0100. The molecule has 0 N–H and O–H groups in total. The van der Waals surface area contributed by atoms with E-state index >= 15 is 0 Å². The molecule has 3 aliphatic carbocycles. The van der Waals surface area contributed by atoms with E-state index in [0.29, 0.717) is 5.69 Å². The number of aromatic nitrogens is 1. The number of hydrogen-bond acceptors (Lipinski definition) is 5. The molecule has 4 aliphatic rings. The molecule has 8 rings (SSSR count). The summed E-state index contributed by atoms with van der Waals surface area (Å²) in [5.74, 6) is -1.87. The first kappa shape index (κ1) is 24.2. The summed E-state index contributed by atoms with van der Waals surface area (Å²) < 4.78 is 1.94. The molecule has 0 spiro atoms. The normalized spacial score (nSPS) is 22.5. The number of imide groups is 1. The average molecular weight is 531 g/mol. The first-order chi connectivity index (χ1) is 19.3. The van der Waals surface area contributed by atoms with E-state index in [1.807, 2.05) is 55.7 Å². The third kappa shape index (κ3) is 3.22. The first-order valence-corrected chi connectivity index (χ1v) is 13.3. The quantitative estimate of drug-likeness (QED) is 0.150. The molecule has 198 valence electrons. The molecule has 1 fully saturated rings. The second-order valence-corrected chi connectivity index (χ2v) is 10.9. The van der Waals surface area contributed by atoms with E-state index in [9.17, 15) is 19.7 Å². The Kier molecular flexibility index (Phi) is 5.19. The zero-order valence-corrected chi connectivity index (χ0v) is 22.2. The Morgan fingerprint density at radius 2 is 1.32 bits per heavy atom. The van der Waals surface area contributed by atoms with E-state index in [0.717, 1.165) is 49.8 Å². The maximum absolute atomic E-state index is 13.8. The third-order valence-corrected chi connectivity index (χ3v) is 8.85. The van der Waals surface area contributed by atoms with Gasteiger partial charge >= 0.3 is 0 Å². The van der Waals surface area contributed by atoms with Crippen LogP contribution in [-0.2, 0) is 9.59 Å². The topological polar surface area (TPSA) is 97.8 Å². The van der Waals surface area contributed by atoms with Crippen molar-refractivity contribution in [1.82, 2.24) is 9.58 Å². The number of benzene rings is 3. The Balaban J connectivity index is 1.26. The van der Waals surface area contributed by atoms with Crippen LogP contribution in [0.1, 0.15) is 56.6 Å². The van der Waals surface area contributed by atoms with Crippen LogP contribution >= 0.6 is 0 Å². The van der Waals surface area contributed by atoms with E-state index in [2.05, 4.69) is 29.4 Å². The number of nitro groups is 1. The maximum atomic E-state index is 13.8. The Bertz CT molecular complexity index is 1690. The van der Waals surface area contributed by atoms with Crippen molar-refractivity contribution in [3.05, 3.63) is 128 Å². The number of carbonyl (C=O) groups excluding carboxylic acids is 2. The van der Waals surface area contributed by atoms with Gasteiger partial charge in [0.25, 0.3) is 17.5 Å². The molecule has 2 amide bonds. The molecule has 1 aromatic heterocycles. The molecule has 0 radical (unpaired) electrons. The van der Waals surface area contributed by atoms with Crippen molar-refractivity contribution in [2.24, 2.45) is 16.9 Å². The molecule has 4 aromatic rings. The van der Waals surface area contributed by atoms with Gasteiger partial charge in [0.15, 0.2) is 0 Å². The molecule has 0 unspecified atom stereocenters. The van der Waals surface area contributed by atoms with Crippen LogP contribution in [0.5, 0.6) is 0 Å². The fraction of sp³-hybridized carbons (Fsp3) is 0.219. The monoisotopic (exact) mass is 530 g/mol. The Morgan fingerprint density at radius 1 is 0.800 bits per heavy atom. The third-order valence-electron chi connectivity index (χ3n) is 8.85. The highest BCUT2D eigenvalue weighted by Gasteiger charge is 2.61. The molecule has 40 heavy (non-hydrogen) atoms. The number of nitrogens with zero attached hydrogens (tertiary/aromatic N) is 4. The van der Waals surface area contributed by atoms with Crippen LogP contribution in [0.4, 0.5) is 5.69 Å². The van der Waals surface area contributed by atoms with E-state index in [4.69, 9.17) is 0 Å². The standard InChI is InChI=1S/C32H26N4O4/c1-17-12-13-21(36(39)40)15-26(17)34-18(2)14-20(19(34)3)16-33-35-31(37)29-27-22-8-4-5-9-23(22)28(30(29)32(35)38)25-11-7-6-10-24(25)27/h4-16,27-30H,1-3H3/b33-16-/t27?,28?,29-,30+. The molecular weight excluding hydrogens is 504 g/mol. The van der Waals surface area contributed by atoms with Crippen LogP contribution < -0.4 is 0 Å². The van der Waals surface area contributed by atoms with Crippen molar-refractivity contribution in [3.8, 4) is 5.69 Å². The smallest absolute Gasteiger partial charge is 0.271 e. The lowest BCUT2D eigenvalue weighted by atomic mass is 9.55. The minimum atomic E-state index is -0.487. The summed E-state index contributed by atoms with van der Waals surface area (Å²) in [7, 11) is 0. The molecule has 8 heteroatoms. The van der Waals surface area contributed by atoms with Gasteiger partial charge in [0.05, 0.1) is 28.7 Å².